The van der Waals surface area contributed by atoms with Crippen LogP contribution >= 0.6 is 15.9 Å². The van der Waals surface area contributed by atoms with Gasteiger partial charge in [-0.1, -0.05) is 22.4 Å². The number of rotatable bonds is 3. The van der Waals surface area contributed by atoms with Crippen LogP contribution in [0.4, 0.5) is 0 Å². The van der Waals surface area contributed by atoms with Gasteiger partial charge in [0.1, 0.15) is 0 Å². The highest BCUT2D eigenvalue weighted by Crippen LogP contribution is 2.11. The summed E-state index contributed by atoms with van der Waals surface area (Å²) in [6, 6.07) is 0.825. The second-order valence-electron chi connectivity index (χ2n) is 2.98. The zero-order chi connectivity index (χ0) is 7.23. The molecule has 1 aliphatic rings. The lowest BCUT2D eigenvalue weighted by molar-refractivity contribution is 0.381. The normalized spacial score (nSPS) is 26.7. The molecule has 1 rings (SSSR count). The van der Waals surface area contributed by atoms with E-state index >= 15 is 0 Å². The van der Waals surface area contributed by atoms with Gasteiger partial charge in [-0.05, 0) is 32.2 Å². The molecule has 1 N–H and O–H groups in total. The van der Waals surface area contributed by atoms with Crippen molar-refractivity contribution in [1.29, 1.82) is 0 Å². The average molecular weight is 206 g/mol. The molecule has 0 spiro atoms. The maximum absolute atomic E-state index is 3.53. The topological polar surface area (TPSA) is 12.0 Å². The Kier molecular flexibility index (Phi) is 4.39. The van der Waals surface area contributed by atoms with Crippen molar-refractivity contribution < 1.29 is 0 Å². The molecule has 1 fully saturated rings. The number of piperidine rings is 1. The van der Waals surface area contributed by atoms with Gasteiger partial charge in [-0.25, -0.2) is 0 Å². The Morgan fingerprint density at radius 3 is 2.90 bits per heavy atom. The Hall–Kier alpha value is 0.440. The van der Waals surface area contributed by atoms with Gasteiger partial charge < -0.3 is 5.32 Å². The van der Waals surface area contributed by atoms with Crippen molar-refractivity contribution >= 4 is 15.9 Å². The SMILES string of the molecule is BrCCCC1CCCCN1. The molecule has 0 saturated carbocycles. The predicted molar refractivity (Wildman–Crippen MR) is 48.7 cm³/mol. The molecule has 1 heterocycles. The molecule has 1 nitrogen and oxygen atoms in total. The molecule has 0 aliphatic carbocycles. The fourth-order valence-electron chi connectivity index (χ4n) is 1.49. The highest BCUT2D eigenvalue weighted by atomic mass is 79.9. The first-order chi connectivity index (χ1) is 4.93. The van der Waals surface area contributed by atoms with E-state index in [1.807, 2.05) is 0 Å². The molecular formula is C8H16BrN. The van der Waals surface area contributed by atoms with Gasteiger partial charge in [0, 0.05) is 11.4 Å². The Morgan fingerprint density at radius 2 is 2.30 bits per heavy atom. The third-order valence-electron chi connectivity index (χ3n) is 2.10. The Morgan fingerprint density at radius 1 is 1.40 bits per heavy atom. The van der Waals surface area contributed by atoms with Crippen molar-refractivity contribution in [3.8, 4) is 0 Å². The van der Waals surface area contributed by atoms with E-state index in [4.69, 9.17) is 0 Å². The van der Waals surface area contributed by atoms with E-state index in [1.54, 1.807) is 0 Å². The molecule has 1 aliphatic heterocycles. The van der Waals surface area contributed by atoms with E-state index in [0.717, 1.165) is 11.4 Å². The van der Waals surface area contributed by atoms with Crippen LogP contribution in [0, 0.1) is 0 Å². The van der Waals surface area contributed by atoms with Crippen molar-refractivity contribution in [3.63, 3.8) is 0 Å². The minimum atomic E-state index is 0.825. The monoisotopic (exact) mass is 205 g/mol. The highest BCUT2D eigenvalue weighted by molar-refractivity contribution is 9.09. The third kappa shape index (κ3) is 3.02. The molecule has 0 bridgehead atoms. The van der Waals surface area contributed by atoms with Crippen LogP contribution in [0.3, 0.4) is 0 Å². The summed E-state index contributed by atoms with van der Waals surface area (Å²) in [6.07, 6.45) is 6.88. The van der Waals surface area contributed by atoms with Gasteiger partial charge >= 0.3 is 0 Å². The van der Waals surface area contributed by atoms with E-state index in [0.29, 0.717) is 0 Å². The van der Waals surface area contributed by atoms with E-state index in [9.17, 15) is 0 Å². The van der Waals surface area contributed by atoms with Crippen molar-refractivity contribution in [2.24, 2.45) is 0 Å². The number of alkyl halides is 1. The van der Waals surface area contributed by atoms with Gasteiger partial charge in [0.25, 0.3) is 0 Å². The lowest BCUT2D eigenvalue weighted by atomic mass is 10.0. The zero-order valence-electron chi connectivity index (χ0n) is 6.41. The second-order valence-corrected chi connectivity index (χ2v) is 3.77. The molecule has 2 heteroatoms. The fraction of sp³-hybridized carbons (Fsp3) is 1.00. The van der Waals surface area contributed by atoms with Crippen molar-refractivity contribution in [3.05, 3.63) is 0 Å². The minimum absolute atomic E-state index is 0.825. The summed E-state index contributed by atoms with van der Waals surface area (Å²) >= 11 is 3.45. The Bertz CT molecular complexity index is 79.3. The van der Waals surface area contributed by atoms with E-state index in [-0.39, 0.29) is 0 Å². The van der Waals surface area contributed by atoms with Crippen molar-refractivity contribution in [1.82, 2.24) is 5.32 Å². The fourth-order valence-corrected chi connectivity index (χ4v) is 1.82. The molecule has 0 radical (unpaired) electrons. The molecule has 1 atom stereocenters. The largest absolute Gasteiger partial charge is 0.314 e. The molecule has 60 valence electrons. The molecule has 1 unspecified atom stereocenters. The van der Waals surface area contributed by atoms with Gasteiger partial charge in [0.15, 0.2) is 0 Å². The summed E-state index contributed by atoms with van der Waals surface area (Å²) in [6.45, 7) is 1.24. The summed E-state index contributed by atoms with van der Waals surface area (Å²) in [4.78, 5) is 0. The van der Waals surface area contributed by atoms with E-state index < -0.39 is 0 Å². The maximum Gasteiger partial charge on any atom is 0.00673 e. The van der Waals surface area contributed by atoms with Gasteiger partial charge in [0.2, 0.25) is 0 Å². The summed E-state index contributed by atoms with van der Waals surface area (Å²) in [5, 5.41) is 4.69. The lowest BCUT2D eigenvalue weighted by Gasteiger charge is -2.22. The van der Waals surface area contributed by atoms with Crippen LogP contribution in [-0.2, 0) is 0 Å². The van der Waals surface area contributed by atoms with Crippen LogP contribution < -0.4 is 5.32 Å². The van der Waals surface area contributed by atoms with Crippen LogP contribution in [0.5, 0.6) is 0 Å². The Balaban J connectivity index is 2.02. The molecular weight excluding hydrogens is 190 g/mol. The molecule has 0 aromatic rings. The number of hydrogen-bond donors (Lipinski definition) is 1. The van der Waals surface area contributed by atoms with E-state index in [2.05, 4.69) is 21.2 Å². The smallest absolute Gasteiger partial charge is 0.00673 e. The third-order valence-corrected chi connectivity index (χ3v) is 2.66. The number of nitrogens with one attached hydrogen (secondary N) is 1. The van der Waals surface area contributed by atoms with Crippen LogP contribution in [-0.4, -0.2) is 17.9 Å². The molecule has 0 aromatic carbocycles. The molecule has 0 aromatic heterocycles. The van der Waals surface area contributed by atoms with Crippen LogP contribution in [0.15, 0.2) is 0 Å². The molecule has 0 amide bonds. The predicted octanol–water partition coefficient (Wildman–Crippen LogP) is 2.30. The summed E-state index contributed by atoms with van der Waals surface area (Å²) in [5.74, 6) is 0. The standard InChI is InChI=1S/C8H16BrN/c9-6-3-5-8-4-1-2-7-10-8/h8,10H,1-7H2. The number of hydrogen-bond acceptors (Lipinski definition) is 1. The molecule has 1 saturated heterocycles. The Labute approximate surface area is 71.7 Å². The van der Waals surface area contributed by atoms with Crippen molar-refractivity contribution in [2.75, 3.05) is 11.9 Å². The summed E-state index contributed by atoms with van der Waals surface area (Å²) in [7, 11) is 0. The lowest BCUT2D eigenvalue weighted by Crippen LogP contribution is -2.33. The quantitative estimate of drug-likeness (QED) is 0.698. The second kappa shape index (κ2) is 5.14. The van der Waals surface area contributed by atoms with Crippen LogP contribution in [0.25, 0.3) is 0 Å². The van der Waals surface area contributed by atoms with Crippen LogP contribution in [0.2, 0.25) is 0 Å². The maximum atomic E-state index is 3.53. The van der Waals surface area contributed by atoms with Gasteiger partial charge in [-0.2, -0.15) is 0 Å². The highest BCUT2D eigenvalue weighted by Gasteiger charge is 2.10. The average Bonchev–Trinajstić information content (AvgIpc) is 2.03. The zero-order valence-corrected chi connectivity index (χ0v) is 7.99. The molecule has 10 heavy (non-hydrogen) atoms. The first-order valence-corrected chi connectivity index (χ1v) is 5.35. The van der Waals surface area contributed by atoms with Gasteiger partial charge in [-0.15, -0.1) is 0 Å². The van der Waals surface area contributed by atoms with E-state index in [1.165, 1.54) is 38.6 Å². The first-order valence-electron chi connectivity index (χ1n) is 4.23. The minimum Gasteiger partial charge on any atom is -0.314 e. The van der Waals surface area contributed by atoms with Gasteiger partial charge in [-0.3, -0.25) is 0 Å². The summed E-state index contributed by atoms with van der Waals surface area (Å²) in [5.41, 5.74) is 0. The van der Waals surface area contributed by atoms with Gasteiger partial charge in [0.05, 0.1) is 0 Å². The van der Waals surface area contributed by atoms with Crippen molar-refractivity contribution in [2.45, 2.75) is 38.1 Å². The summed E-state index contributed by atoms with van der Waals surface area (Å²) < 4.78 is 0. The first kappa shape index (κ1) is 8.54. The number of halogens is 1. The van der Waals surface area contributed by atoms with Crippen LogP contribution in [0.1, 0.15) is 32.1 Å².